The minimum absolute atomic E-state index is 0.783. The first-order valence-electron chi connectivity index (χ1n) is 8.84. The van der Waals surface area contributed by atoms with Crippen molar-refractivity contribution in [2.75, 3.05) is 7.05 Å². The van der Waals surface area contributed by atoms with E-state index in [1.807, 2.05) is 0 Å². The van der Waals surface area contributed by atoms with Gasteiger partial charge >= 0.3 is 0 Å². The standard InChI is InChI=1S/C17H32N2/c1-19-16-12-8-4-2-6-10-14(16)18-15-11-7-3-5-9-13-17(15)19/h14-18H,2-13H2,1H3. The van der Waals surface area contributed by atoms with E-state index in [-0.39, 0.29) is 0 Å². The molecule has 0 aromatic carbocycles. The summed E-state index contributed by atoms with van der Waals surface area (Å²) in [5.74, 6) is 0. The largest absolute Gasteiger partial charge is 0.308 e. The molecule has 0 amide bonds. The zero-order chi connectivity index (χ0) is 13.1. The number of hydrogen-bond donors (Lipinski definition) is 1. The van der Waals surface area contributed by atoms with Crippen LogP contribution < -0.4 is 5.32 Å². The number of piperazine rings is 1. The molecule has 0 spiro atoms. The first-order valence-corrected chi connectivity index (χ1v) is 8.84. The Morgan fingerprint density at radius 2 is 1.05 bits per heavy atom. The topological polar surface area (TPSA) is 15.3 Å². The molecule has 1 N–H and O–H groups in total. The van der Waals surface area contributed by atoms with Crippen molar-refractivity contribution in [3.8, 4) is 0 Å². The molecule has 2 aliphatic carbocycles. The van der Waals surface area contributed by atoms with Crippen LogP contribution in [-0.4, -0.2) is 36.1 Å². The Bertz CT molecular complexity index is 252. The Morgan fingerprint density at radius 1 is 0.632 bits per heavy atom. The molecule has 0 radical (unpaired) electrons. The smallest absolute Gasteiger partial charge is 0.0250 e. The van der Waals surface area contributed by atoms with Crippen LogP contribution in [0.15, 0.2) is 0 Å². The molecule has 4 atom stereocenters. The van der Waals surface area contributed by atoms with Crippen LogP contribution in [0.4, 0.5) is 0 Å². The van der Waals surface area contributed by atoms with Gasteiger partial charge < -0.3 is 5.32 Å². The SMILES string of the molecule is CN1C2CCCCCCC2NC2CCCCCCC21. The lowest BCUT2D eigenvalue weighted by molar-refractivity contribution is 0.0285. The van der Waals surface area contributed by atoms with Gasteiger partial charge in [0.05, 0.1) is 0 Å². The van der Waals surface area contributed by atoms with Gasteiger partial charge in [-0.2, -0.15) is 0 Å². The highest BCUT2D eigenvalue weighted by molar-refractivity contribution is 4.99. The predicted octanol–water partition coefficient (Wildman–Crippen LogP) is 3.70. The van der Waals surface area contributed by atoms with E-state index in [2.05, 4.69) is 17.3 Å². The molecule has 1 aliphatic heterocycles. The summed E-state index contributed by atoms with van der Waals surface area (Å²) in [6, 6.07) is 3.21. The first-order chi connectivity index (χ1) is 9.36. The van der Waals surface area contributed by atoms with E-state index in [4.69, 9.17) is 0 Å². The highest BCUT2D eigenvalue weighted by atomic mass is 15.3. The lowest BCUT2D eigenvalue weighted by Gasteiger charge is -2.51. The molecule has 19 heavy (non-hydrogen) atoms. The maximum Gasteiger partial charge on any atom is 0.0250 e. The van der Waals surface area contributed by atoms with Gasteiger partial charge in [-0.25, -0.2) is 0 Å². The third kappa shape index (κ3) is 3.16. The minimum Gasteiger partial charge on any atom is -0.308 e. The van der Waals surface area contributed by atoms with E-state index in [0.29, 0.717) is 0 Å². The zero-order valence-corrected chi connectivity index (χ0v) is 12.7. The minimum atomic E-state index is 0.783. The van der Waals surface area contributed by atoms with Crippen LogP contribution in [0, 0.1) is 0 Å². The van der Waals surface area contributed by atoms with E-state index >= 15 is 0 Å². The van der Waals surface area contributed by atoms with Crippen molar-refractivity contribution < 1.29 is 0 Å². The lowest BCUT2D eigenvalue weighted by Crippen LogP contribution is -2.66. The van der Waals surface area contributed by atoms with E-state index < -0.39 is 0 Å². The Morgan fingerprint density at radius 3 is 1.53 bits per heavy atom. The normalized spacial score (nSPS) is 42.2. The second-order valence-corrected chi connectivity index (χ2v) is 7.16. The molecule has 2 heteroatoms. The monoisotopic (exact) mass is 264 g/mol. The summed E-state index contributed by atoms with van der Waals surface area (Å²) in [5, 5.41) is 4.08. The molecule has 2 nitrogen and oxygen atoms in total. The molecular formula is C17H32N2. The van der Waals surface area contributed by atoms with Gasteiger partial charge in [-0.15, -0.1) is 0 Å². The third-order valence-electron chi connectivity index (χ3n) is 5.93. The number of likely N-dealkylation sites (N-methyl/N-ethyl adjacent to an activating group) is 1. The molecule has 3 rings (SSSR count). The van der Waals surface area contributed by atoms with Crippen LogP contribution in [-0.2, 0) is 0 Å². The molecule has 3 aliphatic rings. The van der Waals surface area contributed by atoms with Crippen LogP contribution in [0.3, 0.4) is 0 Å². The number of nitrogens with zero attached hydrogens (tertiary/aromatic N) is 1. The van der Waals surface area contributed by atoms with E-state index in [0.717, 1.165) is 24.2 Å². The fourth-order valence-corrected chi connectivity index (χ4v) is 4.81. The fraction of sp³-hybridized carbons (Fsp3) is 1.00. The van der Waals surface area contributed by atoms with Gasteiger partial charge in [-0.3, -0.25) is 4.90 Å². The molecular weight excluding hydrogens is 232 g/mol. The van der Waals surface area contributed by atoms with Crippen molar-refractivity contribution in [2.45, 2.75) is 101 Å². The van der Waals surface area contributed by atoms with Gasteiger partial charge in [-0.05, 0) is 32.7 Å². The van der Waals surface area contributed by atoms with Gasteiger partial charge in [0.2, 0.25) is 0 Å². The van der Waals surface area contributed by atoms with Crippen molar-refractivity contribution in [1.29, 1.82) is 0 Å². The molecule has 0 aromatic rings. The number of nitrogens with one attached hydrogen (secondary N) is 1. The Balaban J connectivity index is 1.72. The number of hydrogen-bond acceptors (Lipinski definition) is 2. The quantitative estimate of drug-likeness (QED) is 0.717. The molecule has 1 heterocycles. The van der Waals surface area contributed by atoms with Crippen molar-refractivity contribution in [2.24, 2.45) is 0 Å². The van der Waals surface area contributed by atoms with Crippen molar-refractivity contribution in [3.63, 3.8) is 0 Å². The molecule has 110 valence electrons. The van der Waals surface area contributed by atoms with Crippen LogP contribution in [0.1, 0.15) is 77.0 Å². The molecule has 1 saturated heterocycles. The first kappa shape index (κ1) is 13.9. The lowest BCUT2D eigenvalue weighted by atomic mass is 9.82. The Labute approximate surface area is 119 Å². The van der Waals surface area contributed by atoms with E-state index in [1.54, 1.807) is 0 Å². The van der Waals surface area contributed by atoms with Gasteiger partial charge in [0.1, 0.15) is 0 Å². The maximum atomic E-state index is 4.08. The fourth-order valence-electron chi connectivity index (χ4n) is 4.81. The highest BCUT2D eigenvalue weighted by Gasteiger charge is 2.39. The van der Waals surface area contributed by atoms with Crippen molar-refractivity contribution >= 4 is 0 Å². The zero-order valence-electron chi connectivity index (χ0n) is 12.7. The molecule has 2 saturated carbocycles. The highest BCUT2D eigenvalue weighted by Crippen LogP contribution is 2.32. The van der Waals surface area contributed by atoms with Crippen LogP contribution >= 0.6 is 0 Å². The second-order valence-electron chi connectivity index (χ2n) is 7.16. The van der Waals surface area contributed by atoms with Crippen molar-refractivity contribution in [1.82, 2.24) is 10.2 Å². The van der Waals surface area contributed by atoms with Gasteiger partial charge in [0.15, 0.2) is 0 Å². The summed E-state index contributed by atoms with van der Waals surface area (Å²) < 4.78 is 0. The number of fused-ring (bicyclic) bond motifs is 2. The Hall–Kier alpha value is -0.0800. The van der Waals surface area contributed by atoms with Crippen molar-refractivity contribution in [3.05, 3.63) is 0 Å². The summed E-state index contributed by atoms with van der Waals surface area (Å²) in [6.45, 7) is 0. The predicted molar refractivity (Wildman–Crippen MR) is 81.5 cm³/mol. The summed E-state index contributed by atoms with van der Waals surface area (Å²) in [7, 11) is 2.43. The second kappa shape index (κ2) is 6.58. The van der Waals surface area contributed by atoms with Crippen LogP contribution in [0.25, 0.3) is 0 Å². The average molecular weight is 264 g/mol. The maximum absolute atomic E-state index is 4.08. The average Bonchev–Trinajstić information content (AvgIpc) is 2.33. The summed E-state index contributed by atoms with van der Waals surface area (Å²) in [6.07, 6.45) is 17.3. The molecule has 0 aromatic heterocycles. The molecule has 3 fully saturated rings. The van der Waals surface area contributed by atoms with E-state index in [9.17, 15) is 0 Å². The van der Waals surface area contributed by atoms with Crippen LogP contribution in [0.2, 0.25) is 0 Å². The summed E-state index contributed by atoms with van der Waals surface area (Å²) >= 11 is 0. The number of rotatable bonds is 0. The van der Waals surface area contributed by atoms with Gasteiger partial charge in [-0.1, -0.05) is 51.4 Å². The third-order valence-corrected chi connectivity index (χ3v) is 5.93. The van der Waals surface area contributed by atoms with Gasteiger partial charge in [0, 0.05) is 24.2 Å². The summed E-state index contributed by atoms with van der Waals surface area (Å²) in [4.78, 5) is 2.79. The van der Waals surface area contributed by atoms with Crippen LogP contribution in [0.5, 0.6) is 0 Å². The van der Waals surface area contributed by atoms with Gasteiger partial charge in [0.25, 0.3) is 0 Å². The summed E-state index contributed by atoms with van der Waals surface area (Å²) in [5.41, 5.74) is 0. The molecule has 0 bridgehead atoms. The molecule has 4 unspecified atom stereocenters. The Kier molecular flexibility index (Phi) is 4.81. The van der Waals surface area contributed by atoms with E-state index in [1.165, 1.54) is 77.0 Å².